The Morgan fingerprint density at radius 3 is 2.56 bits per heavy atom. The number of ketones is 1. The van der Waals surface area contributed by atoms with Crippen molar-refractivity contribution in [3.05, 3.63) is 0 Å². The summed E-state index contributed by atoms with van der Waals surface area (Å²) in [4.78, 5) is 11.6. The number of carbonyl (C=O) groups excluding carboxylic acids is 1. The number of hydrogen-bond donors (Lipinski definition) is 0. The minimum absolute atomic E-state index is 0.338. The summed E-state index contributed by atoms with van der Waals surface area (Å²) in [5, 5.41) is 0. The smallest absolute Gasteiger partial charge is 0.135 e. The molecule has 18 heavy (non-hydrogen) atoms. The molecule has 3 fully saturated rings. The highest BCUT2D eigenvalue weighted by Crippen LogP contribution is 2.61. The highest BCUT2D eigenvalue weighted by molar-refractivity contribution is 5.81. The van der Waals surface area contributed by atoms with Gasteiger partial charge in [0.15, 0.2) is 0 Å². The molecule has 1 nitrogen and oxygen atoms in total. The van der Waals surface area contributed by atoms with Gasteiger partial charge in [-0.05, 0) is 67.6 Å². The molecule has 1 heteroatoms. The molecule has 3 aliphatic rings. The monoisotopic (exact) mass is 248 g/mol. The molecule has 0 aromatic rings. The molecule has 5 unspecified atom stereocenters. The van der Waals surface area contributed by atoms with Crippen molar-refractivity contribution in [2.24, 2.45) is 35.0 Å². The first-order chi connectivity index (χ1) is 8.48. The van der Waals surface area contributed by atoms with Crippen LogP contribution in [0.15, 0.2) is 0 Å². The molecule has 0 aromatic heterocycles. The minimum atomic E-state index is 0.338. The third kappa shape index (κ3) is 1.94. The molecule has 0 aliphatic heterocycles. The first-order valence-corrected chi connectivity index (χ1v) is 8.01. The van der Waals surface area contributed by atoms with Crippen LogP contribution in [-0.2, 0) is 4.79 Å². The molecule has 0 saturated heterocycles. The van der Waals surface area contributed by atoms with Gasteiger partial charge in [0, 0.05) is 12.3 Å². The number of carbonyl (C=O) groups is 1. The van der Waals surface area contributed by atoms with E-state index >= 15 is 0 Å². The van der Waals surface area contributed by atoms with E-state index in [9.17, 15) is 4.79 Å². The predicted molar refractivity (Wildman–Crippen MR) is 74.2 cm³/mol. The lowest BCUT2D eigenvalue weighted by molar-refractivity contribution is -0.125. The summed E-state index contributed by atoms with van der Waals surface area (Å²) < 4.78 is 0. The van der Waals surface area contributed by atoms with Crippen LogP contribution in [0.3, 0.4) is 0 Å². The van der Waals surface area contributed by atoms with Crippen molar-refractivity contribution < 1.29 is 4.79 Å². The minimum Gasteiger partial charge on any atom is -0.299 e. The second-order valence-electron chi connectivity index (χ2n) is 7.94. The van der Waals surface area contributed by atoms with Gasteiger partial charge in [-0.25, -0.2) is 0 Å². The Morgan fingerprint density at radius 2 is 1.94 bits per heavy atom. The molecule has 0 amide bonds. The van der Waals surface area contributed by atoms with Gasteiger partial charge in [-0.3, -0.25) is 4.79 Å². The molecule has 3 aliphatic carbocycles. The SMILES string of the molecule is CC1CC(CC2C3CCC(C3)C2(C)C)CCC1=O. The van der Waals surface area contributed by atoms with Gasteiger partial charge < -0.3 is 0 Å². The Labute approximate surface area is 112 Å². The van der Waals surface area contributed by atoms with E-state index in [-0.39, 0.29) is 0 Å². The maximum absolute atomic E-state index is 11.6. The van der Waals surface area contributed by atoms with Gasteiger partial charge in [0.05, 0.1) is 0 Å². The van der Waals surface area contributed by atoms with E-state index in [0.29, 0.717) is 17.1 Å². The molecule has 3 rings (SSSR count). The van der Waals surface area contributed by atoms with E-state index in [2.05, 4.69) is 20.8 Å². The van der Waals surface area contributed by atoms with Gasteiger partial charge >= 0.3 is 0 Å². The van der Waals surface area contributed by atoms with E-state index in [0.717, 1.165) is 30.1 Å². The van der Waals surface area contributed by atoms with Crippen LogP contribution in [0.5, 0.6) is 0 Å². The Morgan fingerprint density at radius 1 is 1.17 bits per heavy atom. The molecule has 0 N–H and O–H groups in total. The van der Waals surface area contributed by atoms with Crippen LogP contribution in [0.1, 0.15) is 65.7 Å². The second-order valence-corrected chi connectivity index (χ2v) is 7.94. The summed E-state index contributed by atoms with van der Waals surface area (Å²) in [6, 6.07) is 0. The molecule has 102 valence electrons. The van der Waals surface area contributed by atoms with E-state index in [1.54, 1.807) is 0 Å². The first kappa shape index (κ1) is 12.7. The summed E-state index contributed by atoms with van der Waals surface area (Å²) in [6.45, 7) is 7.16. The molecule has 5 atom stereocenters. The van der Waals surface area contributed by atoms with Crippen molar-refractivity contribution in [3.63, 3.8) is 0 Å². The van der Waals surface area contributed by atoms with Crippen LogP contribution >= 0.6 is 0 Å². The molecule has 0 aromatic carbocycles. The average molecular weight is 248 g/mol. The zero-order valence-corrected chi connectivity index (χ0v) is 12.2. The summed E-state index contributed by atoms with van der Waals surface area (Å²) in [5.74, 6) is 4.64. The highest BCUT2D eigenvalue weighted by atomic mass is 16.1. The molecule has 0 spiro atoms. The van der Waals surface area contributed by atoms with Crippen molar-refractivity contribution in [1.82, 2.24) is 0 Å². The third-order valence-corrected chi connectivity index (χ3v) is 6.67. The topological polar surface area (TPSA) is 17.1 Å². The van der Waals surface area contributed by atoms with Gasteiger partial charge in [0.25, 0.3) is 0 Å². The van der Waals surface area contributed by atoms with Gasteiger partial charge in [0.2, 0.25) is 0 Å². The summed E-state index contributed by atoms with van der Waals surface area (Å²) in [7, 11) is 0. The Balaban J connectivity index is 1.65. The van der Waals surface area contributed by atoms with E-state index in [1.807, 2.05) is 0 Å². The summed E-state index contributed by atoms with van der Waals surface area (Å²) >= 11 is 0. The van der Waals surface area contributed by atoms with Crippen molar-refractivity contribution in [2.45, 2.75) is 65.7 Å². The zero-order chi connectivity index (χ0) is 12.9. The fourth-order valence-corrected chi connectivity index (χ4v) is 5.38. The summed E-state index contributed by atoms with van der Waals surface area (Å²) in [5.41, 5.74) is 0.577. The van der Waals surface area contributed by atoms with Crippen molar-refractivity contribution in [1.29, 1.82) is 0 Å². The fourth-order valence-electron chi connectivity index (χ4n) is 5.38. The van der Waals surface area contributed by atoms with Crippen molar-refractivity contribution in [3.8, 4) is 0 Å². The fraction of sp³-hybridized carbons (Fsp3) is 0.941. The first-order valence-electron chi connectivity index (χ1n) is 8.01. The highest BCUT2D eigenvalue weighted by Gasteiger charge is 2.52. The maximum Gasteiger partial charge on any atom is 0.135 e. The standard InChI is InChI=1S/C17H28O/c1-11-8-12(4-7-16(11)18)9-15-13-5-6-14(10-13)17(15,2)3/h11-15H,4-10H2,1-3H3. The molecular weight excluding hydrogens is 220 g/mol. The molecular formula is C17H28O. The predicted octanol–water partition coefficient (Wildman–Crippen LogP) is 4.45. The average Bonchev–Trinajstić information content (AvgIpc) is 2.86. The van der Waals surface area contributed by atoms with E-state index < -0.39 is 0 Å². The van der Waals surface area contributed by atoms with Gasteiger partial charge in [-0.15, -0.1) is 0 Å². The molecule has 0 radical (unpaired) electrons. The van der Waals surface area contributed by atoms with Crippen LogP contribution in [0.2, 0.25) is 0 Å². The van der Waals surface area contributed by atoms with Crippen molar-refractivity contribution in [2.75, 3.05) is 0 Å². The largest absolute Gasteiger partial charge is 0.299 e. The Hall–Kier alpha value is -0.330. The van der Waals surface area contributed by atoms with Crippen LogP contribution in [0.4, 0.5) is 0 Å². The van der Waals surface area contributed by atoms with Crippen molar-refractivity contribution >= 4 is 5.78 Å². The van der Waals surface area contributed by atoms with Crippen LogP contribution in [0, 0.1) is 35.0 Å². The zero-order valence-electron chi connectivity index (χ0n) is 12.2. The third-order valence-electron chi connectivity index (χ3n) is 6.67. The van der Waals surface area contributed by atoms with Gasteiger partial charge in [-0.2, -0.15) is 0 Å². The van der Waals surface area contributed by atoms with Crippen LogP contribution in [0.25, 0.3) is 0 Å². The maximum atomic E-state index is 11.6. The number of Topliss-reactive ketones (excluding diaryl/α,β-unsaturated/α-hetero) is 1. The lowest BCUT2D eigenvalue weighted by atomic mass is 9.64. The van der Waals surface area contributed by atoms with Crippen LogP contribution < -0.4 is 0 Å². The Kier molecular flexibility index (Phi) is 3.07. The van der Waals surface area contributed by atoms with E-state index in [4.69, 9.17) is 0 Å². The van der Waals surface area contributed by atoms with E-state index in [1.165, 1.54) is 38.5 Å². The summed E-state index contributed by atoms with van der Waals surface area (Å²) in [6.07, 6.45) is 9.07. The number of fused-ring (bicyclic) bond motifs is 2. The Bertz CT molecular complexity index is 344. The lowest BCUT2D eigenvalue weighted by Crippen LogP contribution is -2.34. The van der Waals surface area contributed by atoms with Gasteiger partial charge in [0.1, 0.15) is 5.78 Å². The normalized spacial score (nSPS) is 46.6. The molecule has 3 saturated carbocycles. The second kappa shape index (κ2) is 4.35. The molecule has 0 heterocycles. The van der Waals surface area contributed by atoms with Crippen LogP contribution in [-0.4, -0.2) is 5.78 Å². The van der Waals surface area contributed by atoms with Gasteiger partial charge in [-0.1, -0.05) is 20.8 Å². The number of rotatable bonds is 2. The molecule has 2 bridgehead atoms. The lowest BCUT2D eigenvalue weighted by Gasteiger charge is -2.41. The number of hydrogen-bond acceptors (Lipinski definition) is 1. The quantitative estimate of drug-likeness (QED) is 0.705.